The third-order valence-corrected chi connectivity index (χ3v) is 5.41. The standard InChI is InChI=1S/C24H31FN4O/c1-4-26-24(28-18(3)19-12-11-17(2)22(25)14-19)27-13-7-10-23(30)29-15-20-8-5-6-9-21(20)16-29/h5-6,8-9,11-12,14,18H,4,7,10,13,15-16H2,1-3H3,(H2,26,27,28). The van der Waals surface area contributed by atoms with E-state index in [0.717, 1.165) is 12.1 Å². The Balaban J connectivity index is 1.48. The van der Waals surface area contributed by atoms with E-state index in [1.165, 1.54) is 11.1 Å². The highest BCUT2D eigenvalue weighted by Gasteiger charge is 2.22. The second-order valence-electron chi connectivity index (χ2n) is 7.76. The van der Waals surface area contributed by atoms with Gasteiger partial charge in [0, 0.05) is 32.6 Å². The van der Waals surface area contributed by atoms with Gasteiger partial charge >= 0.3 is 0 Å². The normalized spacial score (nSPS) is 14.4. The maximum Gasteiger partial charge on any atom is 0.223 e. The SMILES string of the molecule is CCNC(=NCCCC(=O)N1Cc2ccccc2C1)NC(C)c1ccc(C)c(F)c1. The Morgan fingerprint density at radius 2 is 1.90 bits per heavy atom. The van der Waals surface area contributed by atoms with Gasteiger partial charge in [0.15, 0.2) is 5.96 Å². The molecular weight excluding hydrogens is 379 g/mol. The Hall–Kier alpha value is -2.89. The first-order valence-electron chi connectivity index (χ1n) is 10.6. The maximum atomic E-state index is 13.9. The monoisotopic (exact) mass is 410 g/mol. The fourth-order valence-corrected chi connectivity index (χ4v) is 3.58. The number of nitrogens with zero attached hydrogens (tertiary/aromatic N) is 2. The molecule has 1 atom stereocenters. The van der Waals surface area contributed by atoms with Crippen LogP contribution in [0.25, 0.3) is 0 Å². The van der Waals surface area contributed by atoms with Gasteiger partial charge in [0.2, 0.25) is 5.91 Å². The summed E-state index contributed by atoms with van der Waals surface area (Å²) in [5, 5.41) is 6.53. The van der Waals surface area contributed by atoms with E-state index >= 15 is 0 Å². The van der Waals surface area contributed by atoms with Crippen molar-refractivity contribution in [3.05, 3.63) is 70.5 Å². The van der Waals surface area contributed by atoms with Gasteiger partial charge in [-0.3, -0.25) is 9.79 Å². The third-order valence-electron chi connectivity index (χ3n) is 5.41. The summed E-state index contributed by atoms with van der Waals surface area (Å²) in [5.41, 5.74) is 3.98. The first-order chi connectivity index (χ1) is 14.5. The minimum atomic E-state index is -0.203. The average molecular weight is 411 g/mol. The molecule has 0 saturated carbocycles. The molecule has 5 nitrogen and oxygen atoms in total. The molecule has 1 aliphatic rings. The lowest BCUT2D eigenvalue weighted by Gasteiger charge is -2.19. The van der Waals surface area contributed by atoms with E-state index in [1.807, 2.05) is 36.9 Å². The van der Waals surface area contributed by atoms with Gasteiger partial charge in [-0.2, -0.15) is 0 Å². The summed E-state index contributed by atoms with van der Waals surface area (Å²) in [5.74, 6) is 0.639. The largest absolute Gasteiger partial charge is 0.357 e. The van der Waals surface area contributed by atoms with E-state index in [4.69, 9.17) is 0 Å². The number of amides is 1. The molecule has 160 valence electrons. The summed E-state index contributed by atoms with van der Waals surface area (Å²) in [6.45, 7) is 8.42. The van der Waals surface area contributed by atoms with Gasteiger partial charge in [0.05, 0.1) is 6.04 Å². The number of aliphatic imine (C=N–C) groups is 1. The van der Waals surface area contributed by atoms with Crippen LogP contribution < -0.4 is 10.6 Å². The first-order valence-corrected chi connectivity index (χ1v) is 10.6. The second-order valence-corrected chi connectivity index (χ2v) is 7.76. The van der Waals surface area contributed by atoms with Gasteiger partial charge < -0.3 is 15.5 Å². The van der Waals surface area contributed by atoms with Crippen LogP contribution in [0.1, 0.15) is 55.0 Å². The number of benzene rings is 2. The minimum Gasteiger partial charge on any atom is -0.357 e. The van der Waals surface area contributed by atoms with Crippen molar-refractivity contribution in [3.8, 4) is 0 Å². The highest BCUT2D eigenvalue weighted by atomic mass is 19.1. The lowest BCUT2D eigenvalue weighted by molar-refractivity contribution is -0.131. The summed E-state index contributed by atoms with van der Waals surface area (Å²) in [4.78, 5) is 19.0. The Kier molecular flexibility index (Phi) is 7.44. The topological polar surface area (TPSA) is 56.7 Å². The van der Waals surface area contributed by atoms with Crippen molar-refractivity contribution >= 4 is 11.9 Å². The lowest BCUT2D eigenvalue weighted by Crippen LogP contribution is -2.38. The summed E-state index contributed by atoms with van der Waals surface area (Å²) in [6, 6.07) is 13.4. The molecule has 1 amide bonds. The molecule has 1 heterocycles. The van der Waals surface area contributed by atoms with E-state index in [9.17, 15) is 9.18 Å². The molecule has 0 radical (unpaired) electrons. The third kappa shape index (κ3) is 5.59. The van der Waals surface area contributed by atoms with Crippen molar-refractivity contribution in [1.82, 2.24) is 15.5 Å². The van der Waals surface area contributed by atoms with Gasteiger partial charge in [-0.25, -0.2) is 4.39 Å². The number of rotatable bonds is 7. The Morgan fingerprint density at radius 3 is 2.53 bits per heavy atom. The second kappa shape index (κ2) is 10.2. The van der Waals surface area contributed by atoms with Crippen LogP contribution >= 0.6 is 0 Å². The highest BCUT2D eigenvalue weighted by molar-refractivity contribution is 5.80. The number of halogens is 1. The fourth-order valence-electron chi connectivity index (χ4n) is 3.58. The van der Waals surface area contributed by atoms with Gasteiger partial charge in [0.1, 0.15) is 5.82 Å². The summed E-state index contributed by atoms with van der Waals surface area (Å²) in [6.07, 6.45) is 1.17. The smallest absolute Gasteiger partial charge is 0.223 e. The lowest BCUT2D eigenvalue weighted by atomic mass is 10.1. The van der Waals surface area contributed by atoms with Crippen LogP contribution in [-0.2, 0) is 17.9 Å². The molecule has 0 aromatic heterocycles. The van der Waals surface area contributed by atoms with Gasteiger partial charge in [0.25, 0.3) is 0 Å². The van der Waals surface area contributed by atoms with Gasteiger partial charge in [-0.05, 0) is 55.5 Å². The van der Waals surface area contributed by atoms with E-state index in [0.29, 0.717) is 44.0 Å². The predicted molar refractivity (Wildman–Crippen MR) is 119 cm³/mol. The van der Waals surface area contributed by atoms with Crippen molar-refractivity contribution in [2.45, 2.75) is 52.7 Å². The van der Waals surface area contributed by atoms with Crippen molar-refractivity contribution in [3.63, 3.8) is 0 Å². The van der Waals surface area contributed by atoms with Crippen LogP contribution in [-0.4, -0.2) is 29.9 Å². The quantitative estimate of drug-likeness (QED) is 0.411. The molecular formula is C24H31FN4O. The van der Waals surface area contributed by atoms with E-state index < -0.39 is 0 Å². The van der Waals surface area contributed by atoms with Crippen molar-refractivity contribution < 1.29 is 9.18 Å². The molecule has 6 heteroatoms. The summed E-state index contributed by atoms with van der Waals surface area (Å²) < 4.78 is 13.9. The van der Waals surface area contributed by atoms with Crippen LogP contribution in [0.3, 0.4) is 0 Å². The molecule has 3 rings (SSSR count). The van der Waals surface area contributed by atoms with Crippen molar-refractivity contribution in [2.75, 3.05) is 13.1 Å². The van der Waals surface area contributed by atoms with Crippen LogP contribution in [0.15, 0.2) is 47.5 Å². The minimum absolute atomic E-state index is 0.0809. The van der Waals surface area contributed by atoms with Crippen LogP contribution in [0.4, 0.5) is 4.39 Å². The van der Waals surface area contributed by atoms with Gasteiger partial charge in [-0.1, -0.05) is 36.4 Å². The zero-order valence-corrected chi connectivity index (χ0v) is 18.0. The number of fused-ring (bicyclic) bond motifs is 1. The van der Waals surface area contributed by atoms with Crippen LogP contribution in [0, 0.1) is 12.7 Å². The maximum absolute atomic E-state index is 13.9. The molecule has 1 aliphatic heterocycles. The van der Waals surface area contributed by atoms with Crippen molar-refractivity contribution in [1.29, 1.82) is 0 Å². The zero-order valence-electron chi connectivity index (χ0n) is 18.0. The molecule has 30 heavy (non-hydrogen) atoms. The Morgan fingerprint density at radius 1 is 1.20 bits per heavy atom. The number of nitrogens with one attached hydrogen (secondary N) is 2. The molecule has 0 saturated heterocycles. The zero-order chi connectivity index (χ0) is 21.5. The molecule has 2 aromatic rings. The highest BCUT2D eigenvalue weighted by Crippen LogP contribution is 2.23. The van der Waals surface area contributed by atoms with E-state index in [-0.39, 0.29) is 17.8 Å². The van der Waals surface area contributed by atoms with E-state index in [1.54, 1.807) is 19.1 Å². The Bertz CT molecular complexity index is 887. The number of aryl methyl sites for hydroxylation is 1. The van der Waals surface area contributed by atoms with E-state index in [2.05, 4.69) is 27.8 Å². The molecule has 0 spiro atoms. The first kappa shape index (κ1) is 21.8. The molecule has 0 fully saturated rings. The number of carbonyl (C=O) groups is 1. The Labute approximate surface area is 178 Å². The average Bonchev–Trinajstić information content (AvgIpc) is 3.17. The molecule has 0 bridgehead atoms. The molecule has 2 N–H and O–H groups in total. The number of guanidine groups is 1. The number of hydrogen-bond donors (Lipinski definition) is 2. The molecule has 1 unspecified atom stereocenters. The van der Waals surface area contributed by atoms with Crippen molar-refractivity contribution in [2.24, 2.45) is 4.99 Å². The predicted octanol–water partition coefficient (Wildman–Crippen LogP) is 4.07. The van der Waals surface area contributed by atoms with Gasteiger partial charge in [-0.15, -0.1) is 0 Å². The number of carbonyl (C=O) groups excluding carboxylic acids is 1. The fraction of sp³-hybridized carbons (Fsp3) is 0.417. The number of hydrogen-bond acceptors (Lipinski definition) is 2. The van der Waals surface area contributed by atoms with Crippen LogP contribution in [0.2, 0.25) is 0 Å². The summed E-state index contributed by atoms with van der Waals surface area (Å²) >= 11 is 0. The molecule has 0 aliphatic carbocycles. The molecule has 2 aromatic carbocycles. The summed E-state index contributed by atoms with van der Waals surface area (Å²) in [7, 11) is 0. The van der Waals surface area contributed by atoms with Crippen LogP contribution in [0.5, 0.6) is 0 Å².